The van der Waals surface area contributed by atoms with E-state index >= 15 is 0 Å². The number of benzene rings is 1. The van der Waals surface area contributed by atoms with Crippen molar-refractivity contribution in [3.8, 4) is 0 Å². The largest absolute Gasteiger partial charge is 0.392 e. The van der Waals surface area contributed by atoms with E-state index in [4.69, 9.17) is 0 Å². The van der Waals surface area contributed by atoms with E-state index in [9.17, 15) is 5.11 Å². The molecular formula is C14H20O. The molecule has 1 aromatic rings. The second-order valence-corrected chi connectivity index (χ2v) is 5.73. The number of aliphatic hydroxyl groups is 1. The standard InChI is InChI=1S/C14H20O/c1-14(2,3)13(15)12-9-11(12)10-7-5-4-6-8-10/h4-8,11-13,15H,9H2,1-3H3/t11-,12+,13+/m0/s1. The highest BCUT2D eigenvalue weighted by molar-refractivity contribution is 5.26. The van der Waals surface area contributed by atoms with Crippen LogP contribution in [0, 0.1) is 11.3 Å². The van der Waals surface area contributed by atoms with E-state index in [1.807, 2.05) is 6.07 Å². The van der Waals surface area contributed by atoms with Crippen LogP contribution >= 0.6 is 0 Å². The van der Waals surface area contributed by atoms with Crippen LogP contribution in [-0.2, 0) is 0 Å². The number of rotatable bonds is 2. The van der Waals surface area contributed by atoms with Crippen molar-refractivity contribution in [1.29, 1.82) is 0 Å². The van der Waals surface area contributed by atoms with Crippen molar-refractivity contribution < 1.29 is 5.11 Å². The molecular weight excluding hydrogens is 184 g/mol. The first-order valence-electron chi connectivity index (χ1n) is 5.73. The SMILES string of the molecule is CC(C)(C)[C@H](O)[C@@H]1C[C@H]1c1ccccc1. The maximum absolute atomic E-state index is 10.2. The minimum atomic E-state index is -0.178. The van der Waals surface area contributed by atoms with Gasteiger partial charge in [0.05, 0.1) is 6.10 Å². The highest BCUT2D eigenvalue weighted by Crippen LogP contribution is 2.52. The normalized spacial score (nSPS) is 27.5. The molecule has 2 rings (SSSR count). The molecule has 0 unspecified atom stereocenters. The number of hydrogen-bond donors (Lipinski definition) is 1. The first-order valence-corrected chi connectivity index (χ1v) is 5.73. The van der Waals surface area contributed by atoms with Gasteiger partial charge in [-0.15, -0.1) is 0 Å². The van der Waals surface area contributed by atoms with Gasteiger partial charge in [-0.05, 0) is 29.2 Å². The highest BCUT2D eigenvalue weighted by atomic mass is 16.3. The Balaban J connectivity index is 2.03. The van der Waals surface area contributed by atoms with E-state index in [1.54, 1.807) is 0 Å². The Hall–Kier alpha value is -0.820. The van der Waals surface area contributed by atoms with Gasteiger partial charge in [-0.3, -0.25) is 0 Å². The van der Waals surface area contributed by atoms with E-state index in [0.717, 1.165) is 6.42 Å². The third-order valence-corrected chi connectivity index (χ3v) is 3.36. The smallest absolute Gasteiger partial charge is 0.0622 e. The molecule has 0 saturated heterocycles. The minimum Gasteiger partial charge on any atom is -0.392 e. The van der Waals surface area contributed by atoms with E-state index in [2.05, 4.69) is 45.0 Å². The lowest BCUT2D eigenvalue weighted by Crippen LogP contribution is -2.28. The average Bonchev–Trinajstić information content (AvgIpc) is 2.96. The van der Waals surface area contributed by atoms with Crippen LogP contribution < -0.4 is 0 Å². The van der Waals surface area contributed by atoms with Gasteiger partial charge in [0, 0.05) is 0 Å². The van der Waals surface area contributed by atoms with Crippen molar-refractivity contribution >= 4 is 0 Å². The minimum absolute atomic E-state index is 0.00813. The Morgan fingerprint density at radius 1 is 1.20 bits per heavy atom. The lowest BCUT2D eigenvalue weighted by molar-refractivity contribution is 0.0423. The van der Waals surface area contributed by atoms with Gasteiger partial charge < -0.3 is 5.11 Å². The fourth-order valence-corrected chi connectivity index (χ4v) is 2.29. The van der Waals surface area contributed by atoms with Gasteiger partial charge >= 0.3 is 0 Å². The predicted molar refractivity (Wildman–Crippen MR) is 62.8 cm³/mol. The third kappa shape index (κ3) is 2.23. The molecule has 1 fully saturated rings. The van der Waals surface area contributed by atoms with Crippen molar-refractivity contribution in [3.05, 3.63) is 35.9 Å². The first kappa shape index (κ1) is 10.7. The summed E-state index contributed by atoms with van der Waals surface area (Å²) in [6, 6.07) is 10.5. The van der Waals surface area contributed by atoms with Crippen LogP contribution in [0.3, 0.4) is 0 Å². The molecule has 0 spiro atoms. The fraction of sp³-hybridized carbons (Fsp3) is 0.571. The van der Waals surface area contributed by atoms with Crippen molar-refractivity contribution in [1.82, 2.24) is 0 Å². The van der Waals surface area contributed by atoms with Gasteiger partial charge in [-0.25, -0.2) is 0 Å². The molecule has 15 heavy (non-hydrogen) atoms. The second kappa shape index (κ2) is 3.64. The Bertz CT molecular complexity index is 323. The van der Waals surface area contributed by atoms with E-state index < -0.39 is 0 Å². The van der Waals surface area contributed by atoms with Gasteiger partial charge in [0.25, 0.3) is 0 Å². The molecule has 0 aliphatic heterocycles. The lowest BCUT2D eigenvalue weighted by Gasteiger charge is -2.26. The Kier molecular flexibility index (Phi) is 2.59. The Morgan fingerprint density at radius 3 is 2.33 bits per heavy atom. The summed E-state index contributed by atoms with van der Waals surface area (Å²) in [7, 11) is 0. The summed E-state index contributed by atoms with van der Waals surface area (Å²) in [6.45, 7) is 6.33. The molecule has 1 aliphatic rings. The average molecular weight is 204 g/mol. The Morgan fingerprint density at radius 2 is 1.80 bits per heavy atom. The predicted octanol–water partition coefficient (Wildman–Crippen LogP) is 3.20. The van der Waals surface area contributed by atoms with Crippen molar-refractivity contribution in [2.45, 2.75) is 39.2 Å². The topological polar surface area (TPSA) is 20.2 Å². The molecule has 1 aromatic carbocycles. The van der Waals surface area contributed by atoms with Crippen LogP contribution in [0.25, 0.3) is 0 Å². The highest BCUT2D eigenvalue weighted by Gasteiger charge is 2.46. The summed E-state index contributed by atoms with van der Waals surface area (Å²) in [5, 5.41) is 10.2. The van der Waals surface area contributed by atoms with E-state index in [0.29, 0.717) is 11.8 Å². The quantitative estimate of drug-likeness (QED) is 0.784. The summed E-state index contributed by atoms with van der Waals surface area (Å²) >= 11 is 0. The molecule has 1 heteroatoms. The number of hydrogen-bond acceptors (Lipinski definition) is 1. The zero-order chi connectivity index (χ0) is 11.1. The maximum atomic E-state index is 10.2. The summed E-state index contributed by atoms with van der Waals surface area (Å²) in [6.07, 6.45) is 0.963. The molecule has 3 atom stereocenters. The second-order valence-electron chi connectivity index (χ2n) is 5.73. The van der Waals surface area contributed by atoms with Crippen LogP contribution in [0.1, 0.15) is 38.7 Å². The van der Waals surface area contributed by atoms with Crippen LogP contribution in [0.4, 0.5) is 0 Å². The van der Waals surface area contributed by atoms with Crippen molar-refractivity contribution in [2.24, 2.45) is 11.3 Å². The molecule has 1 aliphatic carbocycles. The lowest BCUT2D eigenvalue weighted by atomic mass is 9.85. The molecule has 1 N–H and O–H groups in total. The van der Waals surface area contributed by atoms with Crippen LogP contribution in [-0.4, -0.2) is 11.2 Å². The third-order valence-electron chi connectivity index (χ3n) is 3.36. The molecule has 0 amide bonds. The molecule has 0 aromatic heterocycles. The van der Waals surface area contributed by atoms with Crippen LogP contribution in [0.15, 0.2) is 30.3 Å². The summed E-state index contributed by atoms with van der Waals surface area (Å²) in [5.41, 5.74) is 1.39. The van der Waals surface area contributed by atoms with E-state index in [1.165, 1.54) is 5.56 Å². The van der Waals surface area contributed by atoms with Gasteiger partial charge in [-0.1, -0.05) is 51.1 Å². The number of aliphatic hydroxyl groups excluding tert-OH is 1. The molecule has 0 bridgehead atoms. The zero-order valence-electron chi connectivity index (χ0n) is 9.77. The van der Waals surface area contributed by atoms with E-state index in [-0.39, 0.29) is 11.5 Å². The van der Waals surface area contributed by atoms with Crippen molar-refractivity contribution in [2.75, 3.05) is 0 Å². The van der Waals surface area contributed by atoms with Crippen LogP contribution in [0.2, 0.25) is 0 Å². The summed E-state index contributed by atoms with van der Waals surface area (Å²) in [4.78, 5) is 0. The first-order chi connectivity index (χ1) is 7.00. The summed E-state index contributed by atoms with van der Waals surface area (Å²) < 4.78 is 0. The van der Waals surface area contributed by atoms with Gasteiger partial charge in [0.15, 0.2) is 0 Å². The van der Waals surface area contributed by atoms with Crippen molar-refractivity contribution in [3.63, 3.8) is 0 Å². The molecule has 1 nitrogen and oxygen atoms in total. The fourth-order valence-electron chi connectivity index (χ4n) is 2.29. The van der Waals surface area contributed by atoms with Gasteiger partial charge in [0.1, 0.15) is 0 Å². The maximum Gasteiger partial charge on any atom is 0.0622 e. The molecule has 1 saturated carbocycles. The monoisotopic (exact) mass is 204 g/mol. The van der Waals surface area contributed by atoms with Gasteiger partial charge in [0.2, 0.25) is 0 Å². The van der Waals surface area contributed by atoms with Crippen LogP contribution in [0.5, 0.6) is 0 Å². The Labute approximate surface area is 92.1 Å². The van der Waals surface area contributed by atoms with Gasteiger partial charge in [-0.2, -0.15) is 0 Å². The molecule has 0 heterocycles. The molecule has 82 valence electrons. The zero-order valence-corrected chi connectivity index (χ0v) is 9.77. The molecule has 0 radical (unpaired) electrons. The summed E-state index contributed by atoms with van der Waals surface area (Å²) in [5.74, 6) is 1.05.